The van der Waals surface area contributed by atoms with Gasteiger partial charge in [-0.3, -0.25) is 4.79 Å². The highest BCUT2D eigenvalue weighted by Gasteiger charge is 2.12. The van der Waals surface area contributed by atoms with Gasteiger partial charge in [0.05, 0.1) is 23.4 Å². The van der Waals surface area contributed by atoms with Gasteiger partial charge < -0.3 is 15.2 Å². The van der Waals surface area contributed by atoms with Gasteiger partial charge in [-0.25, -0.2) is 5.43 Å². The zero-order valence-electron chi connectivity index (χ0n) is 16.1. The molecule has 3 rings (SSSR count). The van der Waals surface area contributed by atoms with E-state index in [1.165, 1.54) is 6.21 Å². The van der Waals surface area contributed by atoms with Crippen molar-refractivity contribution in [1.82, 2.24) is 5.43 Å². The Kier molecular flexibility index (Phi) is 7.48. The average molecular weight is 533 g/mol. The second kappa shape index (κ2) is 10.3. The van der Waals surface area contributed by atoms with Gasteiger partial charge in [0.25, 0.3) is 5.91 Å². The number of amides is 1. The van der Waals surface area contributed by atoms with Crippen molar-refractivity contribution in [2.45, 2.75) is 6.61 Å². The summed E-state index contributed by atoms with van der Waals surface area (Å²) >= 11 is 6.93. The first kappa shape index (κ1) is 21.9. The fourth-order valence-electron chi connectivity index (χ4n) is 2.62. The molecule has 8 heteroatoms. The number of nitrogens with one attached hydrogen (secondary N) is 1. The highest BCUT2D eigenvalue weighted by molar-refractivity contribution is 9.10. The van der Waals surface area contributed by atoms with Crippen molar-refractivity contribution in [2.24, 2.45) is 5.10 Å². The number of para-hydroxylation sites is 1. The summed E-state index contributed by atoms with van der Waals surface area (Å²) in [6.45, 7) is 0.393. The molecule has 0 radical (unpaired) electrons. The third-order valence-electron chi connectivity index (χ3n) is 4.13. The number of hydrazone groups is 1. The Morgan fingerprint density at radius 1 is 1.13 bits per heavy atom. The van der Waals surface area contributed by atoms with Gasteiger partial charge in [-0.05, 0) is 63.5 Å². The van der Waals surface area contributed by atoms with Crippen molar-refractivity contribution in [3.05, 3.63) is 86.3 Å². The Bertz CT molecular complexity index is 1070. The highest BCUT2D eigenvalue weighted by Crippen LogP contribution is 2.36. The highest BCUT2D eigenvalue weighted by atomic mass is 79.9. The van der Waals surface area contributed by atoms with Crippen LogP contribution < -0.4 is 20.6 Å². The number of rotatable bonds is 7. The average Bonchev–Trinajstić information content (AvgIpc) is 2.74. The fourth-order valence-corrected chi connectivity index (χ4v) is 3.46. The number of carbonyl (C=O) groups is 1. The van der Waals surface area contributed by atoms with Crippen LogP contribution in [0.15, 0.2) is 74.7 Å². The van der Waals surface area contributed by atoms with E-state index in [-0.39, 0.29) is 5.91 Å². The van der Waals surface area contributed by atoms with Crippen LogP contribution >= 0.6 is 31.9 Å². The van der Waals surface area contributed by atoms with Gasteiger partial charge in [0.2, 0.25) is 0 Å². The van der Waals surface area contributed by atoms with E-state index in [4.69, 9.17) is 15.2 Å². The molecule has 0 fully saturated rings. The van der Waals surface area contributed by atoms with Gasteiger partial charge in [0, 0.05) is 10.2 Å². The van der Waals surface area contributed by atoms with Crippen molar-refractivity contribution in [1.29, 1.82) is 0 Å². The maximum atomic E-state index is 12.2. The van der Waals surface area contributed by atoms with E-state index in [2.05, 4.69) is 42.4 Å². The molecule has 0 heterocycles. The summed E-state index contributed by atoms with van der Waals surface area (Å²) in [6.07, 6.45) is 1.52. The molecule has 0 atom stereocenters. The number of ether oxygens (including phenoxy) is 2. The maximum absolute atomic E-state index is 12.2. The molecular formula is C22H19Br2N3O3. The summed E-state index contributed by atoms with van der Waals surface area (Å²) in [6, 6.07) is 18.3. The van der Waals surface area contributed by atoms with Crippen LogP contribution in [0.2, 0.25) is 0 Å². The van der Waals surface area contributed by atoms with Crippen LogP contribution in [0.5, 0.6) is 11.5 Å². The molecule has 3 aromatic rings. The van der Waals surface area contributed by atoms with E-state index < -0.39 is 0 Å². The Labute approximate surface area is 191 Å². The maximum Gasteiger partial charge on any atom is 0.273 e. The molecule has 0 saturated heterocycles. The molecule has 0 aromatic heterocycles. The van der Waals surface area contributed by atoms with Crippen molar-refractivity contribution in [3.8, 4) is 11.5 Å². The van der Waals surface area contributed by atoms with Crippen LogP contribution in [0.4, 0.5) is 5.69 Å². The van der Waals surface area contributed by atoms with Crippen LogP contribution in [0.25, 0.3) is 0 Å². The number of halogens is 2. The molecule has 0 bridgehead atoms. The Morgan fingerprint density at radius 2 is 1.87 bits per heavy atom. The number of carbonyl (C=O) groups excluding carboxylic acids is 1. The largest absolute Gasteiger partial charge is 0.493 e. The van der Waals surface area contributed by atoms with Gasteiger partial charge in [-0.1, -0.05) is 40.2 Å². The topological polar surface area (TPSA) is 85.9 Å². The predicted molar refractivity (Wildman–Crippen MR) is 125 cm³/mol. The molecule has 30 heavy (non-hydrogen) atoms. The minimum atomic E-state index is -0.384. The standard InChI is InChI=1S/C22H19Br2N3O3/c1-29-20-11-15(12-26-27-22(28)17-4-2-3-5-19(17)25)10-18(24)21(20)30-13-14-6-8-16(23)9-7-14/h2-12H,13,25H2,1H3,(H,27,28). The molecule has 0 aliphatic rings. The zero-order chi connectivity index (χ0) is 21.5. The molecule has 0 spiro atoms. The third kappa shape index (κ3) is 5.61. The molecule has 154 valence electrons. The minimum absolute atomic E-state index is 0.366. The number of nitrogen functional groups attached to an aromatic ring is 1. The van der Waals surface area contributed by atoms with E-state index in [9.17, 15) is 4.79 Å². The van der Waals surface area contributed by atoms with E-state index in [0.29, 0.717) is 33.8 Å². The predicted octanol–water partition coefficient (Wildman–Crippen LogP) is 5.15. The lowest BCUT2D eigenvalue weighted by atomic mass is 10.2. The summed E-state index contributed by atoms with van der Waals surface area (Å²) < 4.78 is 13.1. The van der Waals surface area contributed by atoms with Crippen LogP contribution in [-0.4, -0.2) is 19.2 Å². The summed E-state index contributed by atoms with van der Waals surface area (Å²) in [5.41, 5.74) is 10.8. The molecule has 0 aliphatic carbocycles. The summed E-state index contributed by atoms with van der Waals surface area (Å²) in [5, 5.41) is 4.01. The van der Waals surface area contributed by atoms with Gasteiger partial charge in [-0.2, -0.15) is 5.10 Å². The van der Waals surface area contributed by atoms with Crippen LogP contribution in [-0.2, 0) is 6.61 Å². The molecule has 0 saturated carbocycles. The Morgan fingerprint density at radius 3 is 2.57 bits per heavy atom. The van der Waals surface area contributed by atoms with Crippen LogP contribution in [0.1, 0.15) is 21.5 Å². The number of hydrogen-bond acceptors (Lipinski definition) is 5. The molecule has 3 aromatic carbocycles. The SMILES string of the molecule is COc1cc(C=NNC(=O)c2ccccc2N)cc(Br)c1OCc1ccc(Br)cc1. The van der Waals surface area contributed by atoms with Gasteiger partial charge in [0.15, 0.2) is 11.5 Å². The number of hydrogen-bond donors (Lipinski definition) is 2. The number of benzene rings is 3. The quantitative estimate of drug-likeness (QED) is 0.250. The summed E-state index contributed by atoms with van der Waals surface area (Å²) in [5.74, 6) is 0.741. The first-order valence-electron chi connectivity index (χ1n) is 8.90. The van der Waals surface area contributed by atoms with E-state index >= 15 is 0 Å². The van der Waals surface area contributed by atoms with Crippen LogP contribution in [0, 0.1) is 0 Å². The van der Waals surface area contributed by atoms with Crippen molar-refractivity contribution >= 4 is 49.7 Å². The lowest BCUT2D eigenvalue weighted by molar-refractivity contribution is 0.0956. The first-order chi connectivity index (χ1) is 14.5. The van der Waals surface area contributed by atoms with Crippen molar-refractivity contribution in [3.63, 3.8) is 0 Å². The van der Waals surface area contributed by atoms with Gasteiger partial charge >= 0.3 is 0 Å². The summed E-state index contributed by atoms with van der Waals surface area (Å²) in [7, 11) is 1.56. The first-order valence-corrected chi connectivity index (χ1v) is 10.5. The zero-order valence-corrected chi connectivity index (χ0v) is 19.2. The van der Waals surface area contributed by atoms with Crippen LogP contribution in [0.3, 0.4) is 0 Å². The second-order valence-electron chi connectivity index (χ2n) is 6.24. The molecule has 0 unspecified atom stereocenters. The summed E-state index contributed by atoms with van der Waals surface area (Å²) in [4.78, 5) is 12.2. The number of methoxy groups -OCH3 is 1. The Hall–Kier alpha value is -2.84. The van der Waals surface area contributed by atoms with E-state index in [1.807, 2.05) is 30.3 Å². The smallest absolute Gasteiger partial charge is 0.273 e. The minimum Gasteiger partial charge on any atom is -0.493 e. The number of nitrogens with zero attached hydrogens (tertiary/aromatic N) is 1. The van der Waals surface area contributed by atoms with Crippen molar-refractivity contribution in [2.75, 3.05) is 12.8 Å². The Balaban J connectivity index is 1.70. The molecule has 0 aliphatic heterocycles. The van der Waals surface area contributed by atoms with Crippen molar-refractivity contribution < 1.29 is 14.3 Å². The van der Waals surface area contributed by atoms with E-state index in [0.717, 1.165) is 15.6 Å². The molecule has 3 N–H and O–H groups in total. The molecular weight excluding hydrogens is 514 g/mol. The molecule has 6 nitrogen and oxygen atoms in total. The normalized spacial score (nSPS) is 10.8. The lowest BCUT2D eigenvalue weighted by Crippen LogP contribution is -2.19. The number of anilines is 1. The van der Waals surface area contributed by atoms with Gasteiger partial charge in [-0.15, -0.1) is 0 Å². The van der Waals surface area contributed by atoms with Gasteiger partial charge in [0.1, 0.15) is 6.61 Å². The monoisotopic (exact) mass is 531 g/mol. The third-order valence-corrected chi connectivity index (χ3v) is 5.25. The van der Waals surface area contributed by atoms with E-state index in [1.54, 1.807) is 37.4 Å². The lowest BCUT2D eigenvalue weighted by Gasteiger charge is -2.13. The second-order valence-corrected chi connectivity index (χ2v) is 8.01. The fraction of sp³-hybridized carbons (Fsp3) is 0.0909. The number of nitrogens with two attached hydrogens (primary N) is 1. The molecule has 1 amide bonds.